The number of thiophene rings is 2. The molecule has 7 heteroatoms. The smallest absolute Gasteiger partial charge is 0.164 e. The van der Waals surface area contributed by atoms with Crippen molar-refractivity contribution in [2.75, 3.05) is 0 Å². The van der Waals surface area contributed by atoms with Gasteiger partial charge in [-0.25, -0.2) is 19.9 Å². The summed E-state index contributed by atoms with van der Waals surface area (Å²) in [7, 11) is 0. The highest BCUT2D eigenvalue weighted by molar-refractivity contribution is 7.26. The summed E-state index contributed by atoms with van der Waals surface area (Å²) in [6, 6.07) is 46.6. The molecular weight excluding hydrogens is 633 g/mol. The zero-order chi connectivity index (χ0) is 30.9. The zero-order valence-electron chi connectivity index (χ0n) is 24.7. The van der Waals surface area contributed by atoms with Gasteiger partial charge in [0.25, 0.3) is 0 Å². The van der Waals surface area contributed by atoms with Gasteiger partial charge in [-0.15, -0.1) is 34.0 Å². The molecule has 0 spiro atoms. The van der Waals surface area contributed by atoms with Crippen LogP contribution in [0.15, 0.2) is 133 Å². The minimum Gasteiger partial charge on any atom is -0.236 e. The number of thiazole rings is 1. The summed E-state index contributed by atoms with van der Waals surface area (Å²) < 4.78 is 6.06. The molecule has 4 nitrogen and oxygen atoms in total. The van der Waals surface area contributed by atoms with E-state index in [9.17, 15) is 0 Å². The highest BCUT2D eigenvalue weighted by Gasteiger charge is 2.20. The number of hydrogen-bond donors (Lipinski definition) is 0. The molecule has 0 atom stereocenters. The Hall–Kier alpha value is -5.34. The first-order valence-corrected chi connectivity index (χ1v) is 17.8. The summed E-state index contributed by atoms with van der Waals surface area (Å²) in [5.74, 6) is 2.01. The molecular formula is C40H22N4S3. The molecule has 0 unspecified atom stereocenters. The van der Waals surface area contributed by atoms with Crippen LogP contribution in [0.3, 0.4) is 0 Å². The normalized spacial score (nSPS) is 11.8. The Labute approximate surface area is 281 Å². The molecule has 47 heavy (non-hydrogen) atoms. The van der Waals surface area contributed by atoms with Gasteiger partial charge in [-0.2, -0.15) is 0 Å². The van der Waals surface area contributed by atoms with Crippen molar-refractivity contribution in [1.29, 1.82) is 0 Å². The summed E-state index contributed by atoms with van der Waals surface area (Å²) in [4.78, 5) is 20.5. The lowest BCUT2D eigenvalue weighted by atomic mass is 10.0. The average Bonchev–Trinajstić information content (AvgIpc) is 3.84. The van der Waals surface area contributed by atoms with Gasteiger partial charge in [-0.3, -0.25) is 0 Å². The molecule has 0 aliphatic rings. The molecule has 0 saturated carbocycles. The fraction of sp³-hybridized carbons (Fsp3) is 0. The van der Waals surface area contributed by atoms with Crippen LogP contribution in [-0.4, -0.2) is 19.9 Å². The van der Waals surface area contributed by atoms with Gasteiger partial charge in [-0.1, -0.05) is 103 Å². The van der Waals surface area contributed by atoms with Crippen LogP contribution in [0.25, 0.3) is 95.3 Å². The van der Waals surface area contributed by atoms with Gasteiger partial charge in [0.1, 0.15) is 5.01 Å². The SMILES string of the molecule is c1ccc(-c2nc(-c3cccc4sc5ccccc5c34)nc(-c3cccc4sc5cc6nc(-c7ccccc7)sc6cc5c34)n2)cc1. The van der Waals surface area contributed by atoms with Gasteiger partial charge < -0.3 is 0 Å². The minimum atomic E-state index is 0.663. The Bertz CT molecular complexity index is 2800. The van der Waals surface area contributed by atoms with E-state index >= 15 is 0 Å². The van der Waals surface area contributed by atoms with Gasteiger partial charge >= 0.3 is 0 Å². The van der Waals surface area contributed by atoms with E-state index in [4.69, 9.17) is 19.9 Å². The molecule has 0 saturated heterocycles. The number of fused-ring (bicyclic) bond motifs is 7. The van der Waals surface area contributed by atoms with E-state index in [-0.39, 0.29) is 0 Å². The first-order valence-electron chi connectivity index (χ1n) is 15.3. The minimum absolute atomic E-state index is 0.663. The second kappa shape index (κ2) is 10.6. The Morgan fingerprint density at radius 2 is 0.936 bits per heavy atom. The molecule has 0 fully saturated rings. The molecule has 0 aliphatic heterocycles. The maximum atomic E-state index is 5.26. The summed E-state index contributed by atoms with van der Waals surface area (Å²) >= 11 is 5.33. The lowest BCUT2D eigenvalue weighted by Crippen LogP contribution is -2.00. The van der Waals surface area contributed by atoms with Crippen LogP contribution in [-0.2, 0) is 0 Å². The third kappa shape index (κ3) is 4.39. The summed E-state index contributed by atoms with van der Waals surface area (Å²) in [6.07, 6.45) is 0. The van der Waals surface area contributed by atoms with Crippen LogP contribution in [0, 0.1) is 0 Å². The van der Waals surface area contributed by atoms with Gasteiger partial charge in [0.15, 0.2) is 17.5 Å². The van der Waals surface area contributed by atoms with Crippen molar-refractivity contribution >= 4 is 84.6 Å². The third-order valence-corrected chi connectivity index (χ3v) is 11.9. The number of rotatable bonds is 4. The monoisotopic (exact) mass is 654 g/mol. The van der Waals surface area contributed by atoms with Crippen LogP contribution in [0.5, 0.6) is 0 Å². The summed E-state index contributed by atoms with van der Waals surface area (Å²) in [5, 5.41) is 5.81. The van der Waals surface area contributed by atoms with Crippen LogP contribution in [0.1, 0.15) is 0 Å². The van der Waals surface area contributed by atoms with E-state index in [1.54, 1.807) is 34.0 Å². The first kappa shape index (κ1) is 26.8. The molecule has 0 N–H and O–H groups in total. The van der Waals surface area contributed by atoms with Gasteiger partial charge in [0, 0.05) is 62.6 Å². The predicted molar refractivity (Wildman–Crippen MR) is 201 cm³/mol. The molecule has 4 aromatic heterocycles. The average molecular weight is 655 g/mol. The molecule has 10 rings (SSSR count). The maximum absolute atomic E-state index is 5.26. The molecule has 6 aromatic carbocycles. The Kier molecular flexibility index (Phi) is 6.05. The second-order valence-electron chi connectivity index (χ2n) is 11.4. The lowest BCUT2D eigenvalue weighted by molar-refractivity contribution is 1.08. The first-order chi connectivity index (χ1) is 23.3. The molecule has 0 amide bonds. The largest absolute Gasteiger partial charge is 0.236 e. The summed E-state index contributed by atoms with van der Waals surface area (Å²) in [5.41, 5.74) is 5.15. The molecule has 0 aliphatic carbocycles. The standard InChI is InChI=1S/C40H22N4S3/c1-3-11-23(12-4-1)37-42-38(26-16-9-19-31-35(26)25-15-7-8-18-30(25)45-31)44-39(43-37)27-17-10-20-32-36(27)28-21-34-29(22-33(28)46-32)41-40(47-34)24-13-5-2-6-14-24/h1-22H. The number of nitrogens with zero attached hydrogens (tertiary/aromatic N) is 4. The van der Waals surface area contributed by atoms with E-state index < -0.39 is 0 Å². The van der Waals surface area contributed by atoms with Crippen molar-refractivity contribution < 1.29 is 0 Å². The molecule has 0 radical (unpaired) electrons. The number of benzene rings is 6. The Balaban J connectivity index is 1.23. The van der Waals surface area contributed by atoms with Crippen molar-refractivity contribution in [3.05, 3.63) is 133 Å². The number of aromatic nitrogens is 4. The van der Waals surface area contributed by atoms with Crippen LogP contribution >= 0.6 is 34.0 Å². The highest BCUT2D eigenvalue weighted by atomic mass is 32.1. The van der Waals surface area contributed by atoms with Gasteiger partial charge in [0.2, 0.25) is 0 Å². The fourth-order valence-electron chi connectivity index (χ4n) is 6.43. The van der Waals surface area contributed by atoms with Crippen molar-refractivity contribution in [3.63, 3.8) is 0 Å². The quantitative estimate of drug-likeness (QED) is 0.189. The topological polar surface area (TPSA) is 51.6 Å². The third-order valence-electron chi connectivity index (χ3n) is 8.58. The van der Waals surface area contributed by atoms with E-state index in [2.05, 4.69) is 109 Å². The van der Waals surface area contributed by atoms with Gasteiger partial charge in [-0.05, 0) is 30.3 Å². The van der Waals surface area contributed by atoms with Crippen molar-refractivity contribution in [2.45, 2.75) is 0 Å². The van der Waals surface area contributed by atoms with E-state index in [0.29, 0.717) is 17.5 Å². The number of hydrogen-bond acceptors (Lipinski definition) is 7. The highest BCUT2D eigenvalue weighted by Crippen LogP contribution is 2.44. The molecule has 4 heterocycles. The van der Waals surface area contributed by atoms with E-state index in [0.717, 1.165) is 32.8 Å². The zero-order valence-corrected chi connectivity index (χ0v) is 27.2. The second-order valence-corrected chi connectivity index (χ2v) is 14.6. The van der Waals surface area contributed by atoms with Crippen LogP contribution in [0.4, 0.5) is 0 Å². The molecule has 10 aromatic rings. The maximum Gasteiger partial charge on any atom is 0.164 e. The predicted octanol–water partition coefficient (Wildman–Crippen LogP) is 11.9. The Morgan fingerprint density at radius 1 is 0.362 bits per heavy atom. The van der Waals surface area contributed by atoms with Crippen LogP contribution in [0.2, 0.25) is 0 Å². The molecule has 220 valence electrons. The fourth-order valence-corrected chi connectivity index (χ4v) is 9.70. The summed E-state index contributed by atoms with van der Waals surface area (Å²) in [6.45, 7) is 0. The lowest BCUT2D eigenvalue weighted by Gasteiger charge is -2.10. The van der Waals surface area contributed by atoms with Gasteiger partial charge in [0.05, 0.1) is 10.2 Å². The van der Waals surface area contributed by atoms with Crippen molar-refractivity contribution in [3.8, 4) is 44.7 Å². The van der Waals surface area contributed by atoms with E-state index in [1.165, 1.54) is 45.0 Å². The van der Waals surface area contributed by atoms with E-state index in [1.807, 2.05) is 24.3 Å². The molecule has 0 bridgehead atoms. The van der Waals surface area contributed by atoms with Crippen LogP contribution < -0.4 is 0 Å². The van der Waals surface area contributed by atoms with Crippen molar-refractivity contribution in [1.82, 2.24) is 19.9 Å². The Morgan fingerprint density at radius 3 is 1.66 bits per heavy atom. The van der Waals surface area contributed by atoms with Crippen molar-refractivity contribution in [2.24, 2.45) is 0 Å².